The molecular weight excluding hydrogens is 380 g/mol. The summed E-state index contributed by atoms with van der Waals surface area (Å²) in [4.78, 5) is 25.4. The van der Waals surface area contributed by atoms with Crippen molar-refractivity contribution in [3.63, 3.8) is 0 Å². The minimum absolute atomic E-state index is 0.172. The van der Waals surface area contributed by atoms with Crippen molar-refractivity contribution in [3.05, 3.63) is 89.2 Å². The lowest BCUT2D eigenvalue weighted by Gasteiger charge is -2.32. The molecule has 2 aromatic carbocycles. The molecule has 1 unspecified atom stereocenters. The van der Waals surface area contributed by atoms with Gasteiger partial charge in [0.15, 0.2) is 0 Å². The second-order valence-corrected chi connectivity index (χ2v) is 7.27. The summed E-state index contributed by atoms with van der Waals surface area (Å²) >= 11 is 0. The van der Waals surface area contributed by atoms with E-state index in [4.69, 9.17) is 15.2 Å². The van der Waals surface area contributed by atoms with Gasteiger partial charge < -0.3 is 20.5 Å². The molecule has 0 aromatic heterocycles. The number of amides is 2. The lowest BCUT2D eigenvalue weighted by atomic mass is 9.72. The molecule has 0 radical (unpaired) electrons. The van der Waals surface area contributed by atoms with Crippen LogP contribution in [0.4, 0.5) is 0 Å². The molecule has 1 aliphatic rings. The SMILES string of the molecule is COC1=C(C(=O)NCc2ccc(OC)cc2)CC(Cc2ccccc2)(C(N)=O)C=C1. The summed E-state index contributed by atoms with van der Waals surface area (Å²) in [6, 6.07) is 17.1. The fourth-order valence-corrected chi connectivity index (χ4v) is 3.55. The minimum atomic E-state index is -0.990. The lowest BCUT2D eigenvalue weighted by molar-refractivity contribution is -0.125. The van der Waals surface area contributed by atoms with Gasteiger partial charge in [0.1, 0.15) is 11.5 Å². The summed E-state index contributed by atoms with van der Waals surface area (Å²) in [6.07, 6.45) is 4.00. The average molecular weight is 406 g/mol. The number of primary amides is 1. The maximum Gasteiger partial charge on any atom is 0.251 e. The first-order valence-electron chi connectivity index (χ1n) is 9.69. The first-order chi connectivity index (χ1) is 14.5. The number of carbonyl (C=O) groups excluding carboxylic acids is 2. The van der Waals surface area contributed by atoms with Crippen molar-refractivity contribution in [2.75, 3.05) is 14.2 Å². The number of hydrogen-bond donors (Lipinski definition) is 2. The second kappa shape index (κ2) is 9.31. The van der Waals surface area contributed by atoms with Crippen molar-refractivity contribution < 1.29 is 19.1 Å². The Labute approximate surface area is 176 Å². The highest BCUT2D eigenvalue weighted by Crippen LogP contribution is 2.37. The molecule has 0 spiro atoms. The Balaban J connectivity index is 1.78. The molecule has 156 valence electrons. The van der Waals surface area contributed by atoms with Gasteiger partial charge in [-0.05, 0) is 42.2 Å². The van der Waals surface area contributed by atoms with Crippen LogP contribution in [0.3, 0.4) is 0 Å². The number of benzene rings is 2. The lowest BCUT2D eigenvalue weighted by Crippen LogP contribution is -2.41. The summed E-state index contributed by atoms with van der Waals surface area (Å²) in [5.41, 5.74) is 7.11. The van der Waals surface area contributed by atoms with Gasteiger partial charge in [-0.25, -0.2) is 0 Å². The summed E-state index contributed by atoms with van der Waals surface area (Å²) in [6.45, 7) is 0.343. The van der Waals surface area contributed by atoms with Crippen LogP contribution in [0, 0.1) is 5.41 Å². The number of methoxy groups -OCH3 is 2. The van der Waals surface area contributed by atoms with Gasteiger partial charge in [-0.3, -0.25) is 9.59 Å². The first-order valence-corrected chi connectivity index (χ1v) is 9.69. The van der Waals surface area contributed by atoms with E-state index in [1.165, 1.54) is 7.11 Å². The van der Waals surface area contributed by atoms with Crippen LogP contribution in [0.2, 0.25) is 0 Å². The molecule has 0 saturated carbocycles. The molecule has 3 N–H and O–H groups in total. The van der Waals surface area contributed by atoms with Gasteiger partial charge in [0.2, 0.25) is 5.91 Å². The molecule has 0 bridgehead atoms. The molecule has 2 aromatic rings. The van der Waals surface area contributed by atoms with E-state index in [0.29, 0.717) is 24.3 Å². The van der Waals surface area contributed by atoms with E-state index in [9.17, 15) is 9.59 Å². The molecule has 0 fully saturated rings. The molecule has 3 rings (SSSR count). The van der Waals surface area contributed by atoms with Crippen LogP contribution in [0.5, 0.6) is 5.75 Å². The zero-order chi connectivity index (χ0) is 21.6. The van der Waals surface area contributed by atoms with Gasteiger partial charge in [0, 0.05) is 6.54 Å². The Morgan fingerprint density at radius 1 is 1.00 bits per heavy atom. The number of hydrogen-bond acceptors (Lipinski definition) is 4. The predicted molar refractivity (Wildman–Crippen MR) is 114 cm³/mol. The monoisotopic (exact) mass is 406 g/mol. The normalized spacial score (nSPS) is 18.1. The van der Waals surface area contributed by atoms with Crippen molar-refractivity contribution >= 4 is 11.8 Å². The summed E-state index contributed by atoms with van der Waals surface area (Å²) in [7, 11) is 3.11. The smallest absolute Gasteiger partial charge is 0.251 e. The van der Waals surface area contributed by atoms with Crippen molar-refractivity contribution in [2.45, 2.75) is 19.4 Å². The van der Waals surface area contributed by atoms with Crippen LogP contribution >= 0.6 is 0 Å². The third-order valence-electron chi connectivity index (χ3n) is 5.30. The van der Waals surface area contributed by atoms with E-state index in [1.807, 2.05) is 54.6 Å². The third-order valence-corrected chi connectivity index (χ3v) is 5.30. The van der Waals surface area contributed by atoms with Gasteiger partial charge in [-0.1, -0.05) is 48.5 Å². The number of nitrogens with two attached hydrogens (primary N) is 1. The summed E-state index contributed by atoms with van der Waals surface area (Å²) in [5.74, 6) is 0.426. The zero-order valence-corrected chi connectivity index (χ0v) is 17.2. The Morgan fingerprint density at radius 2 is 1.70 bits per heavy atom. The minimum Gasteiger partial charge on any atom is -0.497 e. The largest absolute Gasteiger partial charge is 0.497 e. The number of ether oxygens (including phenoxy) is 2. The topological polar surface area (TPSA) is 90.7 Å². The first kappa shape index (κ1) is 21.2. The maximum atomic E-state index is 13.0. The highest BCUT2D eigenvalue weighted by Gasteiger charge is 2.40. The third kappa shape index (κ3) is 4.71. The average Bonchev–Trinajstić information content (AvgIpc) is 2.78. The van der Waals surface area contributed by atoms with E-state index >= 15 is 0 Å². The number of carbonyl (C=O) groups is 2. The van der Waals surface area contributed by atoms with Crippen LogP contribution < -0.4 is 15.8 Å². The molecule has 6 nitrogen and oxygen atoms in total. The second-order valence-electron chi connectivity index (χ2n) is 7.27. The van der Waals surface area contributed by atoms with Crippen molar-refractivity contribution in [1.29, 1.82) is 0 Å². The molecule has 1 aliphatic carbocycles. The van der Waals surface area contributed by atoms with Crippen LogP contribution in [0.15, 0.2) is 78.1 Å². The van der Waals surface area contributed by atoms with Crippen LogP contribution in [-0.2, 0) is 27.3 Å². The van der Waals surface area contributed by atoms with Crippen molar-refractivity contribution in [2.24, 2.45) is 11.1 Å². The Kier molecular flexibility index (Phi) is 6.57. The summed E-state index contributed by atoms with van der Waals surface area (Å²) < 4.78 is 10.5. The van der Waals surface area contributed by atoms with Gasteiger partial charge in [-0.2, -0.15) is 0 Å². The summed E-state index contributed by atoms with van der Waals surface area (Å²) in [5, 5.41) is 2.91. The fourth-order valence-electron chi connectivity index (χ4n) is 3.55. The molecule has 6 heteroatoms. The van der Waals surface area contributed by atoms with E-state index in [2.05, 4.69) is 5.32 Å². The van der Waals surface area contributed by atoms with Crippen molar-refractivity contribution in [3.8, 4) is 5.75 Å². The molecule has 30 heavy (non-hydrogen) atoms. The maximum absolute atomic E-state index is 13.0. The van der Waals surface area contributed by atoms with E-state index in [-0.39, 0.29) is 12.3 Å². The van der Waals surface area contributed by atoms with Crippen LogP contribution in [-0.4, -0.2) is 26.0 Å². The number of allylic oxidation sites excluding steroid dienone is 1. The molecule has 0 aliphatic heterocycles. The quantitative estimate of drug-likeness (QED) is 0.705. The predicted octanol–water partition coefficient (Wildman–Crippen LogP) is 2.89. The van der Waals surface area contributed by atoms with Crippen LogP contribution in [0.1, 0.15) is 17.5 Å². The fraction of sp³-hybridized carbons (Fsp3) is 0.250. The molecule has 0 heterocycles. The number of rotatable bonds is 8. The van der Waals surface area contributed by atoms with E-state index < -0.39 is 11.3 Å². The van der Waals surface area contributed by atoms with E-state index in [1.54, 1.807) is 19.3 Å². The molecule has 2 amide bonds. The van der Waals surface area contributed by atoms with Gasteiger partial charge in [-0.15, -0.1) is 0 Å². The Bertz CT molecular complexity index is 964. The molecule has 1 atom stereocenters. The van der Waals surface area contributed by atoms with Crippen LogP contribution in [0.25, 0.3) is 0 Å². The van der Waals surface area contributed by atoms with E-state index in [0.717, 1.165) is 16.9 Å². The van der Waals surface area contributed by atoms with Crippen molar-refractivity contribution in [1.82, 2.24) is 5.32 Å². The van der Waals surface area contributed by atoms with Gasteiger partial charge in [0.25, 0.3) is 5.91 Å². The Hall–Kier alpha value is -3.54. The standard InChI is InChI=1S/C24H26N2O4/c1-29-19-10-8-18(9-11-19)16-26-22(27)20-15-24(23(25)28,13-12-21(20)30-2)14-17-6-4-3-5-7-17/h3-13H,14-16H2,1-2H3,(H2,25,28)(H,26,27). The Morgan fingerprint density at radius 3 is 2.30 bits per heavy atom. The zero-order valence-electron chi connectivity index (χ0n) is 17.2. The van der Waals surface area contributed by atoms with Gasteiger partial charge in [0.05, 0.1) is 25.2 Å². The highest BCUT2D eigenvalue weighted by atomic mass is 16.5. The highest BCUT2D eigenvalue weighted by molar-refractivity contribution is 5.97. The number of nitrogens with one attached hydrogen (secondary N) is 1. The van der Waals surface area contributed by atoms with Gasteiger partial charge >= 0.3 is 0 Å². The molecule has 0 saturated heterocycles. The molecular formula is C24H26N2O4.